The van der Waals surface area contributed by atoms with Gasteiger partial charge < -0.3 is 24.8 Å². The van der Waals surface area contributed by atoms with E-state index in [1.54, 1.807) is 0 Å². The molecule has 5 heteroatoms. The fraction of sp³-hybridized carbons (Fsp3) is 0.944. The van der Waals surface area contributed by atoms with Crippen LogP contribution in [0.25, 0.3) is 0 Å². The Kier molecular flexibility index (Phi) is 7.47. The van der Waals surface area contributed by atoms with Crippen molar-refractivity contribution in [3.63, 3.8) is 0 Å². The highest BCUT2D eigenvalue weighted by Crippen LogP contribution is 2.77. The van der Waals surface area contributed by atoms with Crippen LogP contribution in [-0.4, -0.2) is 52.6 Å². The lowest BCUT2D eigenvalue weighted by atomic mass is 9.32. The molecule has 0 amide bonds. The van der Waals surface area contributed by atoms with Gasteiger partial charge in [0.25, 0.3) is 0 Å². The third kappa shape index (κ3) is 4.25. The van der Waals surface area contributed by atoms with Crippen LogP contribution in [0.1, 0.15) is 119 Å². The number of hydrogen-bond acceptors (Lipinski definition) is 5. The maximum absolute atomic E-state index is 11.0. The predicted molar refractivity (Wildman–Crippen MR) is 162 cm³/mol. The van der Waals surface area contributed by atoms with Gasteiger partial charge >= 0.3 is 0 Å². The van der Waals surface area contributed by atoms with Crippen molar-refractivity contribution in [2.45, 2.75) is 150 Å². The number of fused-ring (bicyclic) bond motifs is 7. The van der Waals surface area contributed by atoms with Crippen molar-refractivity contribution in [1.82, 2.24) is 0 Å². The zero-order chi connectivity index (χ0) is 29.8. The minimum Gasteiger partial charge on any atom is -0.393 e. The van der Waals surface area contributed by atoms with Crippen LogP contribution in [0.2, 0.25) is 0 Å². The minimum atomic E-state index is -0.870. The van der Waals surface area contributed by atoms with Gasteiger partial charge in [0.15, 0.2) is 6.29 Å². The fourth-order valence-electron chi connectivity index (χ4n) is 13.0. The summed E-state index contributed by atoms with van der Waals surface area (Å²) in [6.45, 7) is 21.9. The lowest BCUT2D eigenvalue weighted by Crippen LogP contribution is -2.67. The molecule has 0 aromatic heterocycles. The monoisotopic (exact) mass is 572 g/mol. The van der Waals surface area contributed by atoms with Gasteiger partial charge in [-0.3, -0.25) is 0 Å². The molecular weight excluding hydrogens is 512 g/mol. The molecule has 14 atom stereocenters. The van der Waals surface area contributed by atoms with Crippen LogP contribution in [0.5, 0.6) is 0 Å². The first-order chi connectivity index (χ1) is 19.1. The summed E-state index contributed by atoms with van der Waals surface area (Å²) in [7, 11) is 0. The molecule has 234 valence electrons. The van der Waals surface area contributed by atoms with Gasteiger partial charge in [0.05, 0.1) is 24.9 Å². The Hall–Kier alpha value is -0.460. The summed E-state index contributed by atoms with van der Waals surface area (Å²) in [4.78, 5) is 0. The van der Waals surface area contributed by atoms with Gasteiger partial charge in [-0.25, -0.2) is 0 Å². The summed E-state index contributed by atoms with van der Waals surface area (Å²) in [6, 6.07) is 0. The quantitative estimate of drug-likeness (QED) is 0.320. The van der Waals surface area contributed by atoms with Gasteiger partial charge in [-0.1, -0.05) is 46.8 Å². The van der Waals surface area contributed by atoms with E-state index >= 15 is 0 Å². The first kappa shape index (κ1) is 30.6. The van der Waals surface area contributed by atoms with Crippen molar-refractivity contribution in [2.75, 3.05) is 6.61 Å². The van der Waals surface area contributed by atoms with Crippen LogP contribution >= 0.6 is 0 Å². The molecule has 6 rings (SSSR count). The molecule has 3 N–H and O–H groups in total. The summed E-state index contributed by atoms with van der Waals surface area (Å²) < 4.78 is 12.1. The Morgan fingerprint density at radius 2 is 1.59 bits per heavy atom. The van der Waals surface area contributed by atoms with E-state index in [9.17, 15) is 15.3 Å². The van der Waals surface area contributed by atoms with Crippen molar-refractivity contribution in [3.05, 3.63) is 12.2 Å². The van der Waals surface area contributed by atoms with Crippen LogP contribution in [0, 0.1) is 56.7 Å². The second-order valence-electron chi connectivity index (χ2n) is 17.3. The van der Waals surface area contributed by atoms with Crippen LogP contribution < -0.4 is 0 Å². The lowest BCUT2D eigenvalue weighted by Gasteiger charge is -2.73. The highest BCUT2D eigenvalue weighted by atomic mass is 16.6. The van der Waals surface area contributed by atoms with Gasteiger partial charge in [0.2, 0.25) is 0 Å². The average molecular weight is 573 g/mol. The maximum Gasteiger partial charge on any atom is 0.157 e. The third-order valence-corrected chi connectivity index (χ3v) is 15.5. The Labute approximate surface area is 249 Å². The molecule has 5 aliphatic carbocycles. The minimum absolute atomic E-state index is 0.0125. The van der Waals surface area contributed by atoms with Crippen LogP contribution in [0.15, 0.2) is 12.2 Å². The molecule has 1 aliphatic heterocycles. The summed E-state index contributed by atoms with van der Waals surface area (Å²) in [5, 5.41) is 32.1. The standard InChI is InChI=1S/C36H60O5/c1-21(2)23-11-16-36(20-40-25-19-29(38)41-22(3)31(25)39)18-17-34(7)24(30(23)36)9-10-27-33(6)14-13-28(37)32(4,5)26(33)12-15-35(27,34)8/h22-31,37-39H,1,9-20H2,2-8H3/t22-,23-,24+,25+,26-,27+,28?,29-,30+,31+,33-,34+,35+,36+/m0/s1. The molecule has 0 radical (unpaired) electrons. The molecule has 1 saturated heterocycles. The summed E-state index contributed by atoms with van der Waals surface area (Å²) in [6.07, 6.45) is 9.77. The molecule has 1 unspecified atom stereocenters. The summed E-state index contributed by atoms with van der Waals surface area (Å²) in [5.74, 6) is 3.04. The highest BCUT2D eigenvalue weighted by molar-refractivity contribution is 5.21. The molecule has 5 saturated carbocycles. The maximum atomic E-state index is 11.0. The molecule has 41 heavy (non-hydrogen) atoms. The van der Waals surface area contributed by atoms with Gasteiger partial charge in [0.1, 0.15) is 6.10 Å². The van der Waals surface area contributed by atoms with Crippen molar-refractivity contribution >= 4 is 0 Å². The second-order valence-corrected chi connectivity index (χ2v) is 17.3. The zero-order valence-corrected chi connectivity index (χ0v) is 27.1. The number of ether oxygens (including phenoxy) is 2. The third-order valence-electron chi connectivity index (χ3n) is 15.5. The van der Waals surface area contributed by atoms with E-state index < -0.39 is 18.5 Å². The van der Waals surface area contributed by atoms with Gasteiger partial charge in [-0.15, -0.1) is 0 Å². The van der Waals surface area contributed by atoms with Crippen molar-refractivity contribution in [1.29, 1.82) is 0 Å². The Morgan fingerprint density at radius 1 is 0.854 bits per heavy atom. The molecule has 0 spiro atoms. The summed E-state index contributed by atoms with van der Waals surface area (Å²) >= 11 is 0. The van der Waals surface area contributed by atoms with Gasteiger partial charge in [-0.2, -0.15) is 0 Å². The van der Waals surface area contributed by atoms with Crippen molar-refractivity contribution in [2.24, 2.45) is 56.7 Å². The van der Waals surface area contributed by atoms with Crippen LogP contribution in [0.3, 0.4) is 0 Å². The molecular formula is C36H60O5. The first-order valence-corrected chi connectivity index (χ1v) is 17.1. The number of hydrogen-bond donors (Lipinski definition) is 3. The molecule has 0 bridgehead atoms. The van der Waals surface area contributed by atoms with Crippen molar-refractivity contribution in [3.8, 4) is 0 Å². The normalized spacial score (nSPS) is 56.2. The molecule has 0 aromatic carbocycles. The number of rotatable bonds is 4. The van der Waals surface area contributed by atoms with E-state index in [4.69, 9.17) is 9.47 Å². The Bertz CT molecular complexity index is 1030. The van der Waals surface area contributed by atoms with E-state index in [1.165, 1.54) is 56.9 Å². The lowest BCUT2D eigenvalue weighted by molar-refractivity contribution is -0.260. The highest BCUT2D eigenvalue weighted by Gasteiger charge is 2.70. The van der Waals surface area contributed by atoms with E-state index in [0.717, 1.165) is 12.8 Å². The van der Waals surface area contributed by atoms with E-state index in [-0.39, 0.29) is 28.5 Å². The first-order valence-electron chi connectivity index (χ1n) is 17.1. The number of allylic oxidation sites excluding steroid dienone is 1. The van der Waals surface area contributed by atoms with E-state index in [0.29, 0.717) is 53.4 Å². The number of aliphatic hydroxyl groups is 3. The van der Waals surface area contributed by atoms with Crippen molar-refractivity contribution < 1.29 is 24.8 Å². The van der Waals surface area contributed by atoms with Gasteiger partial charge in [0, 0.05) is 6.42 Å². The average Bonchev–Trinajstić information content (AvgIpc) is 3.28. The van der Waals surface area contributed by atoms with Crippen LogP contribution in [0.4, 0.5) is 0 Å². The topological polar surface area (TPSA) is 79.2 Å². The fourth-order valence-corrected chi connectivity index (χ4v) is 13.0. The van der Waals surface area contributed by atoms with Gasteiger partial charge in [-0.05, 0) is 135 Å². The Balaban J connectivity index is 1.31. The van der Waals surface area contributed by atoms with Crippen LogP contribution in [-0.2, 0) is 9.47 Å². The second kappa shape index (κ2) is 10.0. The SMILES string of the molecule is C=C(C)[C@@H]1CC[C@]2(CO[C@@H]3C[C@@H](O)O[C@@H](C)[C@H]3O)CC[C@]3(C)[C@H](CC[C@@H]4[C@@]5(C)CCC(O)C(C)(C)[C@@H]5CC[C@]43C)[C@@H]12. The Morgan fingerprint density at radius 3 is 2.29 bits per heavy atom. The summed E-state index contributed by atoms with van der Waals surface area (Å²) in [5.41, 5.74) is 2.30. The molecule has 6 aliphatic rings. The zero-order valence-electron chi connectivity index (χ0n) is 27.1. The number of aliphatic hydroxyl groups excluding tert-OH is 3. The molecule has 1 heterocycles. The predicted octanol–water partition coefficient (Wildman–Crippen LogP) is 6.88. The van der Waals surface area contributed by atoms with E-state index in [2.05, 4.69) is 48.1 Å². The van der Waals surface area contributed by atoms with E-state index in [1.807, 2.05) is 6.92 Å². The molecule has 0 aromatic rings. The smallest absolute Gasteiger partial charge is 0.157 e. The molecule has 6 fully saturated rings. The largest absolute Gasteiger partial charge is 0.393 e. The molecule has 5 nitrogen and oxygen atoms in total.